The number of aryl methyl sites for hydroxylation is 1. The molecule has 6 heteroatoms. The molecule has 0 saturated carbocycles. The molecule has 0 radical (unpaired) electrons. The first kappa shape index (κ1) is 23.6. The Hall–Kier alpha value is -2.54. The number of rotatable bonds is 7. The van der Waals surface area contributed by atoms with Gasteiger partial charge in [-0.2, -0.15) is 0 Å². The van der Waals surface area contributed by atoms with Gasteiger partial charge in [0.2, 0.25) is 9.84 Å². The van der Waals surface area contributed by atoms with E-state index in [4.69, 9.17) is 0 Å². The van der Waals surface area contributed by atoms with Crippen LogP contribution in [-0.2, 0) is 9.84 Å². The lowest BCUT2D eigenvalue weighted by atomic mass is 10.0. The lowest BCUT2D eigenvalue weighted by Crippen LogP contribution is -2.07. The molecule has 3 aromatic carbocycles. The van der Waals surface area contributed by atoms with Gasteiger partial charge in [-0.3, -0.25) is 4.79 Å². The number of carbonyl (C=O) groups excluding carboxylic acids is 1. The van der Waals surface area contributed by atoms with E-state index < -0.39 is 9.84 Å². The van der Waals surface area contributed by atoms with Crippen molar-refractivity contribution in [2.75, 3.05) is 6.26 Å². The van der Waals surface area contributed by atoms with Crippen molar-refractivity contribution in [1.29, 1.82) is 0 Å². The highest BCUT2D eigenvalue weighted by Gasteiger charge is 2.22. The molecule has 0 heterocycles. The first-order valence-electron chi connectivity index (χ1n) is 10.5. The van der Waals surface area contributed by atoms with E-state index in [1.807, 2.05) is 79.9 Å². The SMILES string of the molecule is CSc1ccc(C(=O)c2ccc(SC3=CC=C(S(=O)(=O)c4ccc(C)cc4)CC3)cc2)cc1. The number of hydrogen-bond donors (Lipinski definition) is 0. The molecule has 0 unspecified atom stereocenters. The van der Waals surface area contributed by atoms with Crippen LogP contribution in [0.25, 0.3) is 0 Å². The first-order valence-corrected chi connectivity index (χ1v) is 14.1. The van der Waals surface area contributed by atoms with Gasteiger partial charge in [0.15, 0.2) is 5.78 Å². The molecule has 0 bridgehead atoms. The van der Waals surface area contributed by atoms with Crippen LogP contribution in [-0.4, -0.2) is 20.5 Å². The van der Waals surface area contributed by atoms with Crippen molar-refractivity contribution >= 4 is 39.1 Å². The van der Waals surface area contributed by atoms with E-state index in [0.29, 0.717) is 33.8 Å². The standard InChI is InChI=1S/C27H24O3S3/c1-19-3-15-25(16-4-19)33(29,30)26-17-13-24(14-18-26)32-23-11-7-21(8-12-23)27(28)20-5-9-22(31-2)10-6-20/h3-13,15-17H,14,18H2,1-2H3. The van der Waals surface area contributed by atoms with Crippen LogP contribution in [0.4, 0.5) is 0 Å². The Morgan fingerprint density at radius 2 is 1.33 bits per heavy atom. The summed E-state index contributed by atoms with van der Waals surface area (Å²) >= 11 is 3.25. The largest absolute Gasteiger partial charge is 0.289 e. The number of allylic oxidation sites excluding steroid dienone is 4. The molecule has 0 N–H and O–H groups in total. The highest BCUT2D eigenvalue weighted by atomic mass is 32.2. The lowest BCUT2D eigenvalue weighted by molar-refractivity contribution is 0.103. The minimum absolute atomic E-state index is 0.00460. The Labute approximate surface area is 203 Å². The number of carbonyl (C=O) groups is 1. The van der Waals surface area contributed by atoms with E-state index in [1.54, 1.807) is 41.7 Å². The Kier molecular flexibility index (Phi) is 7.27. The second kappa shape index (κ2) is 10.2. The topological polar surface area (TPSA) is 51.2 Å². The van der Waals surface area contributed by atoms with Crippen molar-refractivity contribution in [3.63, 3.8) is 0 Å². The number of thioether (sulfide) groups is 2. The first-order chi connectivity index (χ1) is 15.9. The van der Waals surface area contributed by atoms with Gasteiger partial charge in [0, 0.05) is 25.8 Å². The van der Waals surface area contributed by atoms with Gasteiger partial charge in [-0.15, -0.1) is 11.8 Å². The van der Waals surface area contributed by atoms with Crippen molar-refractivity contribution < 1.29 is 13.2 Å². The molecule has 33 heavy (non-hydrogen) atoms. The van der Waals surface area contributed by atoms with Crippen molar-refractivity contribution in [1.82, 2.24) is 0 Å². The third-order valence-electron chi connectivity index (χ3n) is 5.47. The summed E-state index contributed by atoms with van der Waals surface area (Å²) in [5, 5.41) is 0. The number of hydrogen-bond acceptors (Lipinski definition) is 5. The van der Waals surface area contributed by atoms with E-state index in [0.717, 1.165) is 20.3 Å². The Morgan fingerprint density at radius 1 is 0.758 bits per heavy atom. The molecule has 0 aliphatic heterocycles. The van der Waals surface area contributed by atoms with Crippen LogP contribution in [0.5, 0.6) is 0 Å². The molecular weight excluding hydrogens is 468 g/mol. The molecule has 4 rings (SSSR count). The van der Waals surface area contributed by atoms with Gasteiger partial charge < -0.3 is 0 Å². The summed E-state index contributed by atoms with van der Waals surface area (Å²) < 4.78 is 25.8. The summed E-state index contributed by atoms with van der Waals surface area (Å²) in [7, 11) is -3.45. The Bertz CT molecular complexity index is 1320. The zero-order valence-electron chi connectivity index (χ0n) is 18.4. The van der Waals surface area contributed by atoms with E-state index in [9.17, 15) is 13.2 Å². The molecule has 168 valence electrons. The molecule has 1 aliphatic carbocycles. The summed E-state index contributed by atoms with van der Waals surface area (Å²) in [6.45, 7) is 1.94. The third-order valence-corrected chi connectivity index (χ3v) is 9.24. The average Bonchev–Trinajstić information content (AvgIpc) is 2.85. The average molecular weight is 493 g/mol. The second-order valence-corrected chi connectivity index (χ2v) is 11.8. The van der Waals surface area contributed by atoms with Gasteiger partial charge >= 0.3 is 0 Å². The molecule has 1 aliphatic rings. The quantitative estimate of drug-likeness (QED) is 0.261. The number of sulfone groups is 1. The van der Waals surface area contributed by atoms with Crippen LogP contribution in [0, 0.1) is 6.92 Å². The maximum atomic E-state index is 12.9. The highest BCUT2D eigenvalue weighted by molar-refractivity contribution is 8.03. The fourth-order valence-corrected chi connectivity index (χ4v) is 6.25. The predicted octanol–water partition coefficient (Wildman–Crippen LogP) is 7.08. The summed E-state index contributed by atoms with van der Waals surface area (Å²) in [5.41, 5.74) is 2.36. The summed E-state index contributed by atoms with van der Waals surface area (Å²) in [6, 6.07) is 22.2. The summed E-state index contributed by atoms with van der Waals surface area (Å²) in [6.07, 6.45) is 6.77. The van der Waals surface area contributed by atoms with Crippen molar-refractivity contribution in [3.8, 4) is 0 Å². The van der Waals surface area contributed by atoms with Crippen molar-refractivity contribution in [3.05, 3.63) is 111 Å². The molecule has 0 fully saturated rings. The third kappa shape index (κ3) is 5.52. The maximum Gasteiger partial charge on any atom is 0.202 e. The fraction of sp³-hybridized carbons (Fsp3) is 0.148. The second-order valence-electron chi connectivity index (χ2n) is 7.77. The van der Waals surface area contributed by atoms with Crippen molar-refractivity contribution in [2.45, 2.75) is 34.5 Å². The molecule has 0 saturated heterocycles. The molecule has 3 nitrogen and oxygen atoms in total. The molecule has 0 aromatic heterocycles. The minimum atomic E-state index is -3.45. The highest BCUT2D eigenvalue weighted by Crippen LogP contribution is 2.36. The molecule has 0 spiro atoms. The van der Waals surface area contributed by atoms with Crippen LogP contribution < -0.4 is 0 Å². The van der Waals surface area contributed by atoms with Gasteiger partial charge in [0.05, 0.1) is 4.90 Å². The molecular formula is C27H24O3S3. The molecule has 3 aromatic rings. The summed E-state index contributed by atoms with van der Waals surface area (Å²) in [5.74, 6) is 0.00460. The molecule has 0 atom stereocenters. The smallest absolute Gasteiger partial charge is 0.202 e. The fourth-order valence-electron chi connectivity index (χ4n) is 3.51. The number of ketones is 1. The van der Waals surface area contributed by atoms with Gasteiger partial charge in [-0.1, -0.05) is 35.5 Å². The van der Waals surface area contributed by atoms with E-state index in [2.05, 4.69) is 0 Å². The van der Waals surface area contributed by atoms with Crippen LogP contribution in [0.15, 0.2) is 109 Å². The van der Waals surface area contributed by atoms with Crippen LogP contribution in [0.1, 0.15) is 34.3 Å². The maximum absolute atomic E-state index is 12.9. The van der Waals surface area contributed by atoms with Gasteiger partial charge in [0.1, 0.15) is 0 Å². The van der Waals surface area contributed by atoms with E-state index in [-0.39, 0.29) is 5.78 Å². The minimum Gasteiger partial charge on any atom is -0.289 e. The monoisotopic (exact) mass is 492 g/mol. The zero-order valence-corrected chi connectivity index (χ0v) is 20.9. The lowest BCUT2D eigenvalue weighted by Gasteiger charge is -2.15. The normalized spacial score (nSPS) is 13.9. The van der Waals surface area contributed by atoms with E-state index in [1.165, 1.54) is 0 Å². The Morgan fingerprint density at radius 3 is 1.85 bits per heavy atom. The Balaban J connectivity index is 1.44. The van der Waals surface area contributed by atoms with Crippen molar-refractivity contribution in [2.24, 2.45) is 0 Å². The van der Waals surface area contributed by atoms with Gasteiger partial charge in [-0.25, -0.2) is 8.42 Å². The predicted molar refractivity (Wildman–Crippen MR) is 138 cm³/mol. The number of benzene rings is 3. The van der Waals surface area contributed by atoms with Crippen LogP contribution in [0.2, 0.25) is 0 Å². The van der Waals surface area contributed by atoms with E-state index >= 15 is 0 Å². The molecule has 0 amide bonds. The van der Waals surface area contributed by atoms with Gasteiger partial charge in [-0.05, 0) is 97.7 Å². The van der Waals surface area contributed by atoms with Crippen LogP contribution >= 0.6 is 23.5 Å². The zero-order chi connectivity index (χ0) is 23.4. The van der Waals surface area contributed by atoms with Crippen LogP contribution in [0.3, 0.4) is 0 Å². The summed E-state index contributed by atoms with van der Waals surface area (Å²) in [4.78, 5) is 16.8. The van der Waals surface area contributed by atoms with Gasteiger partial charge in [0.25, 0.3) is 0 Å².